The maximum Gasteiger partial charge on any atom is 0.338 e. The lowest BCUT2D eigenvalue weighted by molar-refractivity contribution is -0.111. The van der Waals surface area contributed by atoms with Crippen molar-refractivity contribution in [3.05, 3.63) is 64.8 Å². The van der Waals surface area contributed by atoms with Crippen molar-refractivity contribution >= 4 is 35.4 Å². The Kier molecular flexibility index (Phi) is 5.88. The average Bonchev–Trinajstić information content (AvgIpc) is 2.55. The second-order valence-electron chi connectivity index (χ2n) is 4.52. The quantitative estimate of drug-likeness (QED) is 0.672. The minimum atomic E-state index is -0.456. The summed E-state index contributed by atoms with van der Waals surface area (Å²) in [6.07, 6.45) is 4.47. The lowest BCUT2D eigenvalue weighted by Crippen LogP contribution is -2.11. The van der Waals surface area contributed by atoms with Gasteiger partial charge in [-0.25, -0.2) is 9.78 Å². The summed E-state index contributed by atoms with van der Waals surface area (Å²) in [7, 11) is 0. The maximum absolute atomic E-state index is 11.9. The number of esters is 1. The van der Waals surface area contributed by atoms with Gasteiger partial charge in [0.2, 0.25) is 5.91 Å². The van der Waals surface area contributed by atoms with E-state index in [4.69, 9.17) is 16.3 Å². The van der Waals surface area contributed by atoms with Crippen molar-refractivity contribution < 1.29 is 14.3 Å². The number of halogens is 1. The molecule has 0 unspecified atom stereocenters. The highest BCUT2D eigenvalue weighted by Crippen LogP contribution is 2.11. The molecule has 1 heterocycles. The summed E-state index contributed by atoms with van der Waals surface area (Å²) >= 11 is 5.80. The number of amides is 1. The van der Waals surface area contributed by atoms with Crippen molar-refractivity contribution in [2.45, 2.75) is 6.92 Å². The number of nitrogens with one attached hydrogen (secondary N) is 1. The minimum absolute atomic E-state index is 0.279. The van der Waals surface area contributed by atoms with Crippen LogP contribution in [0.4, 0.5) is 5.82 Å². The first-order valence-corrected chi connectivity index (χ1v) is 7.34. The predicted molar refractivity (Wildman–Crippen MR) is 89.3 cm³/mol. The molecule has 23 heavy (non-hydrogen) atoms. The molecule has 6 heteroatoms. The van der Waals surface area contributed by atoms with Crippen LogP contribution in [0.1, 0.15) is 22.8 Å². The SMILES string of the molecule is CCOC(=O)c1ccnc(NC(=O)/C=C/c2ccc(Cl)cc2)c1. The van der Waals surface area contributed by atoms with Gasteiger partial charge in [-0.15, -0.1) is 0 Å². The van der Waals surface area contributed by atoms with Crippen LogP contribution < -0.4 is 5.32 Å². The fourth-order valence-electron chi connectivity index (χ4n) is 1.75. The summed E-state index contributed by atoms with van der Waals surface area (Å²) in [6, 6.07) is 10.1. The van der Waals surface area contributed by atoms with E-state index in [9.17, 15) is 9.59 Å². The first-order valence-electron chi connectivity index (χ1n) is 6.96. The van der Waals surface area contributed by atoms with Gasteiger partial charge in [0.1, 0.15) is 5.82 Å². The van der Waals surface area contributed by atoms with E-state index < -0.39 is 5.97 Å². The van der Waals surface area contributed by atoms with Crippen molar-refractivity contribution in [2.75, 3.05) is 11.9 Å². The van der Waals surface area contributed by atoms with Gasteiger partial charge in [0, 0.05) is 17.3 Å². The molecule has 1 N–H and O–H groups in total. The van der Waals surface area contributed by atoms with E-state index in [0.717, 1.165) is 5.56 Å². The number of carbonyl (C=O) groups excluding carboxylic acids is 2. The molecule has 2 rings (SSSR count). The Morgan fingerprint density at radius 2 is 2.00 bits per heavy atom. The topological polar surface area (TPSA) is 68.3 Å². The van der Waals surface area contributed by atoms with Gasteiger partial charge in [-0.05, 0) is 42.8 Å². The molecule has 0 aliphatic heterocycles. The van der Waals surface area contributed by atoms with Crippen LogP contribution in [0, 0.1) is 0 Å². The molecule has 118 valence electrons. The second-order valence-corrected chi connectivity index (χ2v) is 4.96. The molecule has 1 amide bonds. The average molecular weight is 331 g/mol. The lowest BCUT2D eigenvalue weighted by atomic mass is 10.2. The number of anilines is 1. The summed E-state index contributed by atoms with van der Waals surface area (Å²) in [5.41, 5.74) is 1.18. The Labute approximate surface area is 138 Å². The van der Waals surface area contributed by atoms with E-state index in [1.165, 1.54) is 24.4 Å². The van der Waals surface area contributed by atoms with Gasteiger partial charge in [0.15, 0.2) is 0 Å². The normalized spacial score (nSPS) is 10.5. The van der Waals surface area contributed by atoms with Crippen molar-refractivity contribution in [1.29, 1.82) is 0 Å². The molecule has 2 aromatic rings. The molecular weight excluding hydrogens is 316 g/mol. The van der Waals surface area contributed by atoms with E-state index >= 15 is 0 Å². The minimum Gasteiger partial charge on any atom is -0.462 e. The number of benzene rings is 1. The third kappa shape index (κ3) is 5.23. The van der Waals surface area contributed by atoms with Crippen molar-refractivity contribution in [1.82, 2.24) is 4.98 Å². The molecule has 0 spiro atoms. The van der Waals surface area contributed by atoms with Crippen LogP contribution in [-0.4, -0.2) is 23.5 Å². The van der Waals surface area contributed by atoms with Crippen LogP contribution in [0.5, 0.6) is 0 Å². The highest BCUT2D eigenvalue weighted by Gasteiger charge is 2.08. The van der Waals surface area contributed by atoms with E-state index in [2.05, 4.69) is 10.3 Å². The molecule has 1 aromatic carbocycles. The van der Waals surface area contributed by atoms with E-state index in [-0.39, 0.29) is 18.3 Å². The van der Waals surface area contributed by atoms with Crippen LogP contribution in [0.25, 0.3) is 6.08 Å². The van der Waals surface area contributed by atoms with Crippen LogP contribution in [-0.2, 0) is 9.53 Å². The Bertz CT molecular complexity index is 727. The molecule has 0 bridgehead atoms. The monoisotopic (exact) mass is 330 g/mol. The second kappa shape index (κ2) is 8.10. The highest BCUT2D eigenvalue weighted by molar-refractivity contribution is 6.30. The summed E-state index contributed by atoms with van der Waals surface area (Å²) in [5, 5.41) is 3.22. The van der Waals surface area contributed by atoms with Crippen molar-refractivity contribution in [3.63, 3.8) is 0 Å². The van der Waals surface area contributed by atoms with Crippen molar-refractivity contribution in [2.24, 2.45) is 0 Å². The third-order valence-corrected chi connectivity index (χ3v) is 3.07. The lowest BCUT2D eigenvalue weighted by Gasteiger charge is -2.04. The number of hydrogen-bond donors (Lipinski definition) is 1. The zero-order valence-corrected chi connectivity index (χ0v) is 13.2. The van der Waals surface area contributed by atoms with Gasteiger partial charge in [0.25, 0.3) is 0 Å². The number of rotatable bonds is 5. The zero-order chi connectivity index (χ0) is 16.7. The van der Waals surface area contributed by atoms with Gasteiger partial charge in [-0.2, -0.15) is 0 Å². The van der Waals surface area contributed by atoms with Crippen LogP contribution in [0.3, 0.4) is 0 Å². The highest BCUT2D eigenvalue weighted by atomic mass is 35.5. The molecule has 0 atom stereocenters. The predicted octanol–water partition coefficient (Wildman–Crippen LogP) is 3.56. The van der Waals surface area contributed by atoms with E-state index in [1.54, 1.807) is 37.3 Å². The number of nitrogens with zero attached hydrogens (tertiary/aromatic N) is 1. The molecule has 0 aliphatic carbocycles. The number of carbonyl (C=O) groups is 2. The molecule has 0 saturated carbocycles. The zero-order valence-electron chi connectivity index (χ0n) is 12.5. The summed E-state index contributed by atoms with van der Waals surface area (Å²) in [4.78, 5) is 27.5. The van der Waals surface area contributed by atoms with Crippen molar-refractivity contribution in [3.8, 4) is 0 Å². The molecule has 0 saturated heterocycles. The molecule has 5 nitrogen and oxygen atoms in total. The smallest absolute Gasteiger partial charge is 0.338 e. The Morgan fingerprint density at radius 1 is 1.26 bits per heavy atom. The summed E-state index contributed by atoms with van der Waals surface area (Å²) < 4.78 is 4.90. The molecule has 0 fully saturated rings. The van der Waals surface area contributed by atoms with Gasteiger partial charge in [-0.1, -0.05) is 23.7 Å². The molecule has 1 aromatic heterocycles. The van der Waals surface area contributed by atoms with Gasteiger partial charge in [-0.3, -0.25) is 4.79 Å². The fraction of sp³-hybridized carbons (Fsp3) is 0.118. The first kappa shape index (κ1) is 16.7. The fourth-order valence-corrected chi connectivity index (χ4v) is 1.88. The van der Waals surface area contributed by atoms with Gasteiger partial charge < -0.3 is 10.1 Å². The first-order chi connectivity index (χ1) is 11.1. The Balaban J connectivity index is 2.01. The molecular formula is C17H15ClN2O3. The van der Waals surface area contributed by atoms with E-state index in [1.807, 2.05) is 0 Å². The third-order valence-electron chi connectivity index (χ3n) is 2.82. The standard InChI is InChI=1S/C17H15ClN2O3/c1-2-23-17(22)13-9-10-19-15(11-13)20-16(21)8-5-12-3-6-14(18)7-4-12/h3-11H,2H2,1H3,(H,19,20,21)/b8-5+. The molecule has 0 aliphatic rings. The maximum atomic E-state index is 11.9. The van der Waals surface area contributed by atoms with Gasteiger partial charge in [0.05, 0.1) is 12.2 Å². The van der Waals surface area contributed by atoms with Crippen LogP contribution >= 0.6 is 11.6 Å². The molecule has 0 radical (unpaired) electrons. The summed E-state index contributed by atoms with van der Waals surface area (Å²) in [6.45, 7) is 2.01. The van der Waals surface area contributed by atoms with Crippen LogP contribution in [0.2, 0.25) is 5.02 Å². The number of ether oxygens (including phenoxy) is 1. The van der Waals surface area contributed by atoms with E-state index in [0.29, 0.717) is 10.6 Å². The summed E-state index contributed by atoms with van der Waals surface area (Å²) in [5.74, 6) is -0.531. The Hall–Kier alpha value is -2.66. The largest absolute Gasteiger partial charge is 0.462 e. The van der Waals surface area contributed by atoms with Crippen LogP contribution in [0.15, 0.2) is 48.7 Å². The number of hydrogen-bond acceptors (Lipinski definition) is 4. The Morgan fingerprint density at radius 3 is 2.70 bits per heavy atom. The number of aromatic nitrogens is 1. The van der Waals surface area contributed by atoms with Gasteiger partial charge >= 0.3 is 5.97 Å². The number of pyridine rings is 1.